The number of carbonyl (C=O) groups excluding carboxylic acids is 1. The van der Waals surface area contributed by atoms with Gasteiger partial charge in [0.05, 0.1) is 12.1 Å². The van der Waals surface area contributed by atoms with E-state index in [4.69, 9.17) is 0 Å². The van der Waals surface area contributed by atoms with Crippen molar-refractivity contribution in [2.75, 3.05) is 25.0 Å². The van der Waals surface area contributed by atoms with Crippen LogP contribution in [0.5, 0.6) is 0 Å². The number of anilines is 1. The summed E-state index contributed by atoms with van der Waals surface area (Å²) in [6.07, 6.45) is -2.84. The quantitative estimate of drug-likeness (QED) is 0.708. The summed E-state index contributed by atoms with van der Waals surface area (Å²) < 4.78 is 51.2. The molecule has 0 saturated carbocycles. The van der Waals surface area contributed by atoms with Crippen molar-refractivity contribution in [3.63, 3.8) is 0 Å². The van der Waals surface area contributed by atoms with Gasteiger partial charge in [-0.05, 0) is 48.7 Å². The lowest BCUT2D eigenvalue weighted by atomic mass is 10.0. The smallest absolute Gasteiger partial charge is 0.376 e. The predicted molar refractivity (Wildman–Crippen MR) is 103 cm³/mol. The first-order valence-electron chi connectivity index (χ1n) is 9.47. The maximum Gasteiger partial charge on any atom is 0.416 e. The number of hydrogen-bond acceptors (Lipinski definition) is 3. The molecule has 0 bridgehead atoms. The number of likely N-dealkylation sites (tertiary alicyclic amines) is 1. The lowest BCUT2D eigenvalue weighted by molar-refractivity contribution is -0.137. The van der Waals surface area contributed by atoms with Crippen LogP contribution in [0.2, 0.25) is 0 Å². The van der Waals surface area contributed by atoms with Crippen molar-refractivity contribution >= 4 is 11.6 Å². The highest BCUT2D eigenvalue weighted by atomic mass is 19.4. The number of rotatable bonds is 6. The molecule has 0 spiro atoms. The second kappa shape index (κ2) is 9.26. The molecule has 1 fully saturated rings. The minimum atomic E-state index is -4.41. The highest BCUT2D eigenvalue weighted by molar-refractivity contribution is 5.81. The second-order valence-electron chi connectivity index (χ2n) is 7.18. The third-order valence-electron chi connectivity index (χ3n) is 4.92. The van der Waals surface area contributed by atoms with Gasteiger partial charge in [0.25, 0.3) is 0 Å². The van der Waals surface area contributed by atoms with Crippen LogP contribution in [0.15, 0.2) is 48.5 Å². The van der Waals surface area contributed by atoms with Crippen LogP contribution >= 0.6 is 0 Å². The Morgan fingerprint density at radius 2 is 1.76 bits per heavy atom. The second-order valence-corrected chi connectivity index (χ2v) is 7.18. The molecule has 0 aromatic heterocycles. The number of amides is 1. The van der Waals surface area contributed by atoms with Crippen LogP contribution in [-0.4, -0.2) is 36.5 Å². The van der Waals surface area contributed by atoms with Gasteiger partial charge in [-0.25, -0.2) is 4.39 Å². The van der Waals surface area contributed by atoms with Gasteiger partial charge in [-0.2, -0.15) is 13.2 Å². The summed E-state index contributed by atoms with van der Waals surface area (Å²) in [7, 11) is 0. The molecule has 156 valence electrons. The molecule has 2 aromatic carbocycles. The van der Waals surface area contributed by atoms with E-state index in [9.17, 15) is 22.4 Å². The third kappa shape index (κ3) is 6.45. The van der Waals surface area contributed by atoms with Crippen molar-refractivity contribution in [3.8, 4) is 0 Å². The molecule has 1 heterocycles. The van der Waals surface area contributed by atoms with Crippen molar-refractivity contribution in [2.24, 2.45) is 0 Å². The fourth-order valence-corrected chi connectivity index (χ4v) is 3.35. The van der Waals surface area contributed by atoms with E-state index in [1.54, 1.807) is 12.1 Å². The Labute approximate surface area is 166 Å². The minimum Gasteiger partial charge on any atom is -0.376 e. The van der Waals surface area contributed by atoms with E-state index in [2.05, 4.69) is 15.5 Å². The van der Waals surface area contributed by atoms with Gasteiger partial charge in [-0.15, -0.1) is 0 Å². The van der Waals surface area contributed by atoms with E-state index in [0.717, 1.165) is 50.2 Å². The molecule has 0 radical (unpaired) electrons. The Balaban J connectivity index is 1.40. The summed E-state index contributed by atoms with van der Waals surface area (Å²) in [6.45, 7) is 2.27. The molecule has 0 atom stereocenters. The van der Waals surface area contributed by atoms with E-state index >= 15 is 0 Å². The molecule has 8 heteroatoms. The Hall–Kier alpha value is -2.61. The van der Waals surface area contributed by atoms with Gasteiger partial charge >= 0.3 is 6.18 Å². The topological polar surface area (TPSA) is 44.4 Å². The van der Waals surface area contributed by atoms with Crippen LogP contribution in [0, 0.1) is 5.82 Å². The lowest BCUT2D eigenvalue weighted by Gasteiger charge is -2.32. The third-order valence-corrected chi connectivity index (χ3v) is 4.92. The van der Waals surface area contributed by atoms with E-state index < -0.39 is 11.7 Å². The van der Waals surface area contributed by atoms with Crippen LogP contribution in [0.1, 0.15) is 24.0 Å². The van der Waals surface area contributed by atoms with Crippen LogP contribution in [0.25, 0.3) is 0 Å². The van der Waals surface area contributed by atoms with E-state index in [1.165, 1.54) is 24.3 Å². The van der Waals surface area contributed by atoms with Gasteiger partial charge in [0.1, 0.15) is 5.82 Å². The molecule has 1 saturated heterocycles. The largest absolute Gasteiger partial charge is 0.416 e. The lowest BCUT2D eigenvalue weighted by Crippen LogP contribution is -2.45. The van der Waals surface area contributed by atoms with Crippen molar-refractivity contribution in [2.45, 2.75) is 31.6 Å². The predicted octanol–water partition coefficient (Wildman–Crippen LogP) is 4.04. The number of carbonyl (C=O) groups is 1. The SMILES string of the molecule is O=C(CNc1cccc(C(F)(F)F)c1)NC1CCN(Cc2ccc(F)cc2)CC1. The number of alkyl halides is 3. The first-order valence-corrected chi connectivity index (χ1v) is 9.47. The van der Waals surface area contributed by atoms with E-state index in [-0.39, 0.29) is 30.0 Å². The summed E-state index contributed by atoms with van der Waals surface area (Å²) >= 11 is 0. The fourth-order valence-electron chi connectivity index (χ4n) is 3.35. The Kier molecular flexibility index (Phi) is 6.74. The van der Waals surface area contributed by atoms with Gasteiger partial charge in [0.15, 0.2) is 0 Å². The Morgan fingerprint density at radius 3 is 2.41 bits per heavy atom. The number of hydrogen-bond donors (Lipinski definition) is 2. The summed E-state index contributed by atoms with van der Waals surface area (Å²) in [5.41, 5.74) is 0.541. The molecular weight excluding hydrogens is 386 g/mol. The highest BCUT2D eigenvalue weighted by Gasteiger charge is 2.30. The van der Waals surface area contributed by atoms with Gasteiger partial charge in [-0.3, -0.25) is 9.69 Å². The molecule has 29 heavy (non-hydrogen) atoms. The molecule has 0 aliphatic carbocycles. The van der Waals surface area contributed by atoms with Crippen molar-refractivity contribution in [1.29, 1.82) is 0 Å². The average molecular weight is 409 g/mol. The van der Waals surface area contributed by atoms with Crippen molar-refractivity contribution < 1.29 is 22.4 Å². The van der Waals surface area contributed by atoms with Crippen LogP contribution in [0.3, 0.4) is 0 Å². The molecule has 4 nitrogen and oxygen atoms in total. The molecular formula is C21H23F4N3O. The summed E-state index contributed by atoms with van der Waals surface area (Å²) in [5, 5.41) is 5.67. The highest BCUT2D eigenvalue weighted by Crippen LogP contribution is 2.30. The van der Waals surface area contributed by atoms with Crippen LogP contribution < -0.4 is 10.6 Å². The Morgan fingerprint density at radius 1 is 1.07 bits per heavy atom. The number of piperidine rings is 1. The van der Waals surface area contributed by atoms with Crippen LogP contribution in [0.4, 0.5) is 23.2 Å². The molecule has 1 aliphatic heterocycles. The van der Waals surface area contributed by atoms with Gasteiger partial charge in [0, 0.05) is 31.4 Å². The van der Waals surface area contributed by atoms with Gasteiger partial charge < -0.3 is 10.6 Å². The summed E-state index contributed by atoms with van der Waals surface area (Å²) in [4.78, 5) is 14.4. The van der Waals surface area contributed by atoms with Crippen molar-refractivity contribution in [1.82, 2.24) is 10.2 Å². The molecule has 1 aliphatic rings. The van der Waals surface area contributed by atoms with Crippen molar-refractivity contribution in [3.05, 3.63) is 65.5 Å². The molecule has 1 amide bonds. The molecule has 3 rings (SSSR count). The monoisotopic (exact) mass is 409 g/mol. The number of nitrogens with one attached hydrogen (secondary N) is 2. The van der Waals surface area contributed by atoms with Gasteiger partial charge in [-0.1, -0.05) is 18.2 Å². The fraction of sp³-hybridized carbons (Fsp3) is 0.381. The summed E-state index contributed by atoms with van der Waals surface area (Å²) in [5.74, 6) is -0.506. The zero-order valence-electron chi connectivity index (χ0n) is 15.8. The number of nitrogens with zero attached hydrogens (tertiary/aromatic N) is 1. The van der Waals surface area contributed by atoms with E-state index in [0.29, 0.717) is 0 Å². The molecule has 2 N–H and O–H groups in total. The molecule has 0 unspecified atom stereocenters. The van der Waals surface area contributed by atoms with E-state index in [1.807, 2.05) is 0 Å². The maximum absolute atomic E-state index is 13.0. The maximum atomic E-state index is 13.0. The zero-order valence-corrected chi connectivity index (χ0v) is 15.8. The number of halogens is 4. The first-order chi connectivity index (χ1) is 13.8. The zero-order chi connectivity index (χ0) is 20.9. The number of benzene rings is 2. The average Bonchev–Trinajstić information content (AvgIpc) is 2.69. The first kappa shape index (κ1) is 21.1. The minimum absolute atomic E-state index is 0.0373. The van der Waals surface area contributed by atoms with Gasteiger partial charge in [0.2, 0.25) is 5.91 Å². The normalized spacial score (nSPS) is 15.9. The molecule has 2 aromatic rings. The Bertz CT molecular complexity index is 815. The van der Waals surface area contributed by atoms with Crippen LogP contribution in [-0.2, 0) is 17.5 Å². The standard InChI is InChI=1S/C21H23F4N3O/c22-17-6-4-15(5-7-17)14-28-10-8-18(9-11-28)27-20(29)13-26-19-3-1-2-16(12-19)21(23,24)25/h1-7,12,18,26H,8-11,13-14H2,(H,27,29). The summed E-state index contributed by atoms with van der Waals surface area (Å²) in [6, 6.07) is 11.2.